The number of carbonyl (C=O) groups is 1. The smallest absolute Gasteiger partial charge is 0.223 e. The molecule has 2 aromatic carbocycles. The Morgan fingerprint density at radius 3 is 2.53 bits per heavy atom. The molecule has 0 radical (unpaired) electrons. The molecule has 1 heterocycles. The molecule has 2 atom stereocenters. The average molecular weight is 428 g/mol. The predicted octanol–water partition coefficient (Wildman–Crippen LogP) is 3.78. The summed E-state index contributed by atoms with van der Waals surface area (Å²) in [7, 11) is 1.69. The fraction of sp³-hybridized carbons (Fsp3) is 0.458. The summed E-state index contributed by atoms with van der Waals surface area (Å²) in [5.74, 6) is 1.43. The number of carbonyl (C=O) groups excluding carboxylic acids is 1. The highest BCUT2D eigenvalue weighted by atomic mass is 35.5. The highest BCUT2D eigenvalue weighted by Gasteiger charge is 2.44. The normalized spacial score (nSPS) is 21.3. The van der Waals surface area contributed by atoms with Crippen molar-refractivity contribution >= 4 is 23.2 Å². The second kappa shape index (κ2) is 9.71. The molecule has 2 fully saturated rings. The van der Waals surface area contributed by atoms with Crippen molar-refractivity contribution in [1.82, 2.24) is 10.2 Å². The average Bonchev–Trinajstić information content (AvgIpc) is 3.58. The van der Waals surface area contributed by atoms with Gasteiger partial charge in [0, 0.05) is 49.4 Å². The summed E-state index contributed by atoms with van der Waals surface area (Å²) in [5, 5.41) is 3.89. The summed E-state index contributed by atoms with van der Waals surface area (Å²) in [5.41, 5.74) is 2.36. The van der Waals surface area contributed by atoms with Crippen molar-refractivity contribution < 1.29 is 9.53 Å². The number of benzene rings is 2. The quantitative estimate of drug-likeness (QED) is 0.651. The van der Waals surface area contributed by atoms with Crippen LogP contribution in [0.25, 0.3) is 0 Å². The van der Waals surface area contributed by atoms with Crippen molar-refractivity contribution in [1.29, 1.82) is 0 Å². The van der Waals surface area contributed by atoms with Gasteiger partial charge in [0.15, 0.2) is 0 Å². The Kier molecular flexibility index (Phi) is 6.80. The van der Waals surface area contributed by atoms with Gasteiger partial charge in [-0.1, -0.05) is 29.8 Å². The van der Waals surface area contributed by atoms with Gasteiger partial charge in [-0.15, -0.1) is 0 Å². The maximum atomic E-state index is 12.4. The first-order valence-electron chi connectivity index (χ1n) is 10.8. The first-order valence-corrected chi connectivity index (χ1v) is 11.2. The molecule has 2 aliphatic rings. The Morgan fingerprint density at radius 2 is 1.83 bits per heavy atom. The van der Waals surface area contributed by atoms with Crippen molar-refractivity contribution in [3.63, 3.8) is 0 Å². The molecule has 2 unspecified atom stereocenters. The van der Waals surface area contributed by atoms with Crippen LogP contribution in [0.2, 0.25) is 5.02 Å². The third kappa shape index (κ3) is 5.08. The number of halogens is 1. The molecular weight excluding hydrogens is 398 g/mol. The number of anilines is 1. The van der Waals surface area contributed by atoms with Gasteiger partial charge in [-0.05, 0) is 61.2 Å². The Bertz CT molecular complexity index is 850. The van der Waals surface area contributed by atoms with Crippen molar-refractivity contribution in [2.45, 2.75) is 18.8 Å². The van der Waals surface area contributed by atoms with Crippen LogP contribution in [0.1, 0.15) is 24.3 Å². The number of nitrogens with zero attached hydrogens (tertiary/aromatic N) is 2. The van der Waals surface area contributed by atoms with Crippen LogP contribution in [0.5, 0.6) is 5.75 Å². The predicted molar refractivity (Wildman–Crippen MR) is 122 cm³/mol. The molecular formula is C24H30ClN3O2. The SMILES string of the molecule is COc1ccc(N2CCN(CCCNC(=O)C3CC3c3ccccc3Cl)CC2)cc1. The van der Waals surface area contributed by atoms with E-state index in [4.69, 9.17) is 16.3 Å². The summed E-state index contributed by atoms with van der Waals surface area (Å²) in [6.45, 7) is 5.92. The highest BCUT2D eigenvalue weighted by Crippen LogP contribution is 2.49. The van der Waals surface area contributed by atoms with E-state index in [1.54, 1.807) is 7.11 Å². The van der Waals surface area contributed by atoms with E-state index >= 15 is 0 Å². The number of methoxy groups -OCH3 is 1. The van der Waals surface area contributed by atoms with Gasteiger partial charge in [-0.3, -0.25) is 9.69 Å². The third-order valence-corrected chi connectivity index (χ3v) is 6.54. The zero-order valence-corrected chi connectivity index (χ0v) is 18.3. The Balaban J connectivity index is 1.12. The van der Waals surface area contributed by atoms with Gasteiger partial charge in [0.05, 0.1) is 7.11 Å². The molecule has 5 nitrogen and oxygen atoms in total. The van der Waals surface area contributed by atoms with Gasteiger partial charge >= 0.3 is 0 Å². The van der Waals surface area contributed by atoms with Gasteiger partial charge < -0.3 is 15.0 Å². The molecule has 0 spiro atoms. The van der Waals surface area contributed by atoms with Crippen molar-refractivity contribution in [2.75, 3.05) is 51.3 Å². The first kappa shape index (κ1) is 21.0. The molecule has 30 heavy (non-hydrogen) atoms. The lowest BCUT2D eigenvalue weighted by Gasteiger charge is -2.36. The van der Waals surface area contributed by atoms with E-state index in [0.717, 1.165) is 68.4 Å². The Labute approximate surface area is 184 Å². The van der Waals surface area contributed by atoms with Gasteiger partial charge in [0.1, 0.15) is 5.75 Å². The maximum absolute atomic E-state index is 12.4. The molecule has 1 aliphatic heterocycles. The minimum Gasteiger partial charge on any atom is -0.497 e. The van der Waals surface area contributed by atoms with E-state index in [1.807, 2.05) is 36.4 Å². The van der Waals surface area contributed by atoms with Crippen LogP contribution in [-0.4, -0.2) is 57.2 Å². The molecule has 1 amide bonds. The first-order chi connectivity index (χ1) is 14.7. The van der Waals surface area contributed by atoms with E-state index < -0.39 is 0 Å². The number of hydrogen-bond acceptors (Lipinski definition) is 4. The molecule has 1 aliphatic carbocycles. The standard InChI is InChI=1S/C24H30ClN3O2/c1-30-19-9-7-18(8-10-19)28-15-13-27(14-16-28)12-4-11-26-24(29)22-17-21(22)20-5-2-3-6-23(20)25/h2-3,5-10,21-22H,4,11-17H2,1H3,(H,26,29). The van der Waals surface area contributed by atoms with E-state index in [1.165, 1.54) is 5.69 Å². The Morgan fingerprint density at radius 1 is 1.10 bits per heavy atom. The maximum Gasteiger partial charge on any atom is 0.223 e. The van der Waals surface area contributed by atoms with E-state index in [-0.39, 0.29) is 17.7 Å². The third-order valence-electron chi connectivity index (χ3n) is 6.19. The topological polar surface area (TPSA) is 44.8 Å². The zero-order valence-electron chi connectivity index (χ0n) is 17.5. The lowest BCUT2D eigenvalue weighted by molar-refractivity contribution is -0.122. The van der Waals surface area contributed by atoms with Crippen LogP contribution in [0.4, 0.5) is 5.69 Å². The minimum atomic E-state index is 0.0814. The molecule has 4 rings (SSSR count). The lowest BCUT2D eigenvalue weighted by Crippen LogP contribution is -2.47. The van der Waals surface area contributed by atoms with Crippen LogP contribution in [-0.2, 0) is 4.79 Å². The van der Waals surface area contributed by atoms with Crippen LogP contribution in [0.15, 0.2) is 48.5 Å². The van der Waals surface area contributed by atoms with Crippen molar-refractivity contribution in [3.05, 3.63) is 59.1 Å². The van der Waals surface area contributed by atoms with Crippen LogP contribution >= 0.6 is 11.6 Å². The monoisotopic (exact) mass is 427 g/mol. The molecule has 1 N–H and O–H groups in total. The fourth-order valence-electron chi connectivity index (χ4n) is 4.27. The summed E-state index contributed by atoms with van der Waals surface area (Å²) in [6, 6.07) is 16.1. The molecule has 0 bridgehead atoms. The lowest BCUT2D eigenvalue weighted by atomic mass is 10.1. The largest absolute Gasteiger partial charge is 0.497 e. The summed E-state index contributed by atoms with van der Waals surface area (Å²) < 4.78 is 5.23. The number of piperazine rings is 1. The van der Waals surface area contributed by atoms with Gasteiger partial charge in [-0.2, -0.15) is 0 Å². The molecule has 0 aromatic heterocycles. The van der Waals surface area contributed by atoms with Crippen molar-refractivity contribution in [2.24, 2.45) is 5.92 Å². The summed E-state index contributed by atoms with van der Waals surface area (Å²) in [6.07, 6.45) is 1.89. The van der Waals surface area contributed by atoms with Crippen LogP contribution in [0.3, 0.4) is 0 Å². The number of rotatable bonds is 8. The van der Waals surface area contributed by atoms with E-state index in [9.17, 15) is 4.79 Å². The van der Waals surface area contributed by atoms with Gasteiger partial charge in [0.25, 0.3) is 0 Å². The van der Waals surface area contributed by atoms with Crippen LogP contribution in [0, 0.1) is 5.92 Å². The second-order valence-corrected chi connectivity index (χ2v) is 8.55. The fourth-order valence-corrected chi connectivity index (χ4v) is 4.55. The van der Waals surface area contributed by atoms with Gasteiger partial charge in [-0.25, -0.2) is 0 Å². The molecule has 1 saturated carbocycles. The summed E-state index contributed by atoms with van der Waals surface area (Å²) >= 11 is 6.26. The van der Waals surface area contributed by atoms with E-state index in [0.29, 0.717) is 0 Å². The minimum absolute atomic E-state index is 0.0814. The molecule has 1 saturated heterocycles. The number of hydrogen-bond donors (Lipinski definition) is 1. The van der Waals surface area contributed by atoms with Crippen LogP contribution < -0.4 is 15.0 Å². The number of amides is 1. The zero-order chi connectivity index (χ0) is 20.9. The number of ether oxygens (including phenoxy) is 1. The Hall–Kier alpha value is -2.24. The van der Waals surface area contributed by atoms with Crippen molar-refractivity contribution in [3.8, 4) is 5.75 Å². The molecule has 160 valence electrons. The highest BCUT2D eigenvalue weighted by molar-refractivity contribution is 6.31. The molecule has 2 aromatic rings. The van der Waals surface area contributed by atoms with Gasteiger partial charge in [0.2, 0.25) is 5.91 Å². The molecule has 6 heteroatoms. The number of nitrogens with one attached hydrogen (secondary N) is 1. The van der Waals surface area contributed by atoms with E-state index in [2.05, 4.69) is 27.2 Å². The summed E-state index contributed by atoms with van der Waals surface area (Å²) in [4.78, 5) is 17.3. The second-order valence-electron chi connectivity index (χ2n) is 8.14.